The summed E-state index contributed by atoms with van der Waals surface area (Å²) >= 11 is 0. The molecule has 2 aliphatic rings. The summed E-state index contributed by atoms with van der Waals surface area (Å²) in [6.45, 7) is 4.81. The molecule has 2 N–H and O–H groups in total. The van der Waals surface area contributed by atoms with E-state index in [4.69, 9.17) is 9.47 Å². The first-order valence-electron chi connectivity index (χ1n) is 14.3. The van der Waals surface area contributed by atoms with Crippen LogP contribution in [0.15, 0.2) is 30.5 Å². The second-order valence-corrected chi connectivity index (χ2v) is 10.9. The molecule has 1 fully saturated rings. The van der Waals surface area contributed by atoms with Crippen LogP contribution in [0, 0.1) is 24.7 Å². The molecular weight excluding hydrogens is 549 g/mol. The Morgan fingerprint density at radius 3 is 2.74 bits per heavy atom. The molecular formula is C30H37F3N6O3. The second-order valence-electron chi connectivity index (χ2n) is 10.9. The Morgan fingerprint density at radius 1 is 1.12 bits per heavy atom. The van der Waals surface area contributed by atoms with Gasteiger partial charge in [-0.25, -0.2) is 0 Å². The number of benzene rings is 1. The van der Waals surface area contributed by atoms with Crippen molar-refractivity contribution in [1.29, 1.82) is 0 Å². The fraction of sp³-hybridized carbons (Fsp3) is 0.533. The zero-order valence-corrected chi connectivity index (χ0v) is 24.0. The van der Waals surface area contributed by atoms with Crippen LogP contribution < -0.4 is 10.6 Å². The van der Waals surface area contributed by atoms with Crippen LogP contribution in [0.5, 0.6) is 0 Å². The van der Waals surface area contributed by atoms with E-state index in [0.29, 0.717) is 61.1 Å². The number of piperidine rings is 1. The summed E-state index contributed by atoms with van der Waals surface area (Å²) in [6.07, 6.45) is -1.02. The van der Waals surface area contributed by atoms with Gasteiger partial charge >= 0.3 is 6.18 Å². The van der Waals surface area contributed by atoms with Gasteiger partial charge < -0.3 is 29.6 Å². The van der Waals surface area contributed by atoms with E-state index in [1.165, 1.54) is 4.57 Å². The second kappa shape index (κ2) is 13.2. The zero-order chi connectivity index (χ0) is 29.7. The highest BCUT2D eigenvalue weighted by Crippen LogP contribution is 2.32. The van der Waals surface area contributed by atoms with Crippen molar-refractivity contribution >= 4 is 22.5 Å². The van der Waals surface area contributed by atoms with Gasteiger partial charge in [-0.1, -0.05) is 12.0 Å². The molecule has 2 atom stereocenters. The maximum absolute atomic E-state index is 13.6. The summed E-state index contributed by atoms with van der Waals surface area (Å²) in [7, 11) is 2.10. The number of halogens is 3. The molecule has 9 nitrogen and oxygen atoms in total. The molecule has 0 saturated carbocycles. The van der Waals surface area contributed by atoms with E-state index < -0.39 is 12.7 Å². The van der Waals surface area contributed by atoms with Gasteiger partial charge in [0.25, 0.3) is 5.91 Å². The van der Waals surface area contributed by atoms with Crippen LogP contribution in [0.25, 0.3) is 10.9 Å². The predicted molar refractivity (Wildman–Crippen MR) is 153 cm³/mol. The van der Waals surface area contributed by atoms with Gasteiger partial charge in [0, 0.05) is 36.5 Å². The number of aryl methyl sites for hydroxylation is 1. The molecule has 3 aromatic rings. The minimum absolute atomic E-state index is 0.0253. The van der Waals surface area contributed by atoms with Gasteiger partial charge in [0.1, 0.15) is 6.54 Å². The lowest BCUT2D eigenvalue weighted by molar-refractivity contribution is -0.140. The van der Waals surface area contributed by atoms with Crippen molar-refractivity contribution in [3.8, 4) is 11.8 Å². The van der Waals surface area contributed by atoms with Gasteiger partial charge in [-0.15, -0.1) is 0 Å². The first-order valence-corrected chi connectivity index (χ1v) is 14.3. The number of alkyl halides is 3. The summed E-state index contributed by atoms with van der Waals surface area (Å²) in [4.78, 5) is 15.0. The van der Waals surface area contributed by atoms with E-state index >= 15 is 0 Å². The molecule has 4 bridgehead atoms. The summed E-state index contributed by atoms with van der Waals surface area (Å²) in [5.74, 6) is 5.66. The van der Waals surface area contributed by atoms with Crippen molar-refractivity contribution in [2.75, 3.05) is 58.4 Å². The van der Waals surface area contributed by atoms with Crippen LogP contribution in [0.3, 0.4) is 0 Å². The molecule has 1 amide bonds. The standard InChI is InChI=1S/C30H37F3N6O3/c1-21-25-19-38(36-21)12-14-42-16-15-41-13-9-22-18-37(2)11-8-26(22)35-27-6-3-7-28-24(27)17-23(5-4-10-34-29(25)40)39(28)20-30(31,32)33/h3,6-7,17,19,22,26,35H,8-16,18,20H2,1-2H3,(H,34,40). The number of likely N-dealkylation sites (tertiary alicyclic amines) is 1. The molecule has 12 heteroatoms. The highest BCUT2D eigenvalue weighted by Gasteiger charge is 2.31. The Balaban J connectivity index is 1.45. The molecule has 1 saturated heterocycles. The molecule has 42 heavy (non-hydrogen) atoms. The van der Waals surface area contributed by atoms with Crippen LogP contribution in [0.1, 0.15) is 34.6 Å². The maximum Gasteiger partial charge on any atom is 0.406 e. The third kappa shape index (κ3) is 7.45. The summed E-state index contributed by atoms with van der Waals surface area (Å²) < 4.78 is 55.4. The lowest BCUT2D eigenvalue weighted by Gasteiger charge is -2.38. The summed E-state index contributed by atoms with van der Waals surface area (Å²) in [5, 5.41) is 11.4. The number of carbonyl (C=O) groups excluding carboxylic acids is 1. The lowest BCUT2D eigenvalue weighted by Crippen LogP contribution is -2.45. The molecule has 0 radical (unpaired) electrons. The van der Waals surface area contributed by atoms with Crippen molar-refractivity contribution in [2.45, 2.75) is 45.1 Å². The molecule has 2 aromatic heterocycles. The van der Waals surface area contributed by atoms with Crippen LogP contribution in [-0.4, -0.2) is 90.5 Å². The minimum atomic E-state index is -4.43. The topological polar surface area (TPSA) is 85.6 Å². The number of carbonyl (C=O) groups is 1. The molecule has 0 spiro atoms. The number of nitrogens with zero attached hydrogens (tertiary/aromatic N) is 4. The smallest absolute Gasteiger partial charge is 0.381 e. The van der Waals surface area contributed by atoms with Gasteiger partial charge in [-0.3, -0.25) is 9.48 Å². The van der Waals surface area contributed by atoms with Crippen molar-refractivity contribution in [1.82, 2.24) is 24.6 Å². The number of ether oxygens (including phenoxy) is 2. The number of nitrogens with one attached hydrogen (secondary N) is 2. The molecule has 5 rings (SSSR count). The van der Waals surface area contributed by atoms with E-state index in [1.807, 2.05) is 6.07 Å². The van der Waals surface area contributed by atoms with E-state index in [-0.39, 0.29) is 24.2 Å². The van der Waals surface area contributed by atoms with Gasteiger partial charge in [-0.2, -0.15) is 18.3 Å². The average molecular weight is 587 g/mol. The first kappa shape index (κ1) is 29.9. The van der Waals surface area contributed by atoms with E-state index in [1.54, 1.807) is 36.0 Å². The Kier molecular flexibility index (Phi) is 9.40. The largest absolute Gasteiger partial charge is 0.406 e. The van der Waals surface area contributed by atoms with Crippen LogP contribution in [0.4, 0.5) is 18.9 Å². The highest BCUT2D eigenvalue weighted by atomic mass is 19.4. The zero-order valence-electron chi connectivity index (χ0n) is 24.0. The summed E-state index contributed by atoms with van der Waals surface area (Å²) in [6, 6.07) is 7.21. The number of hydrogen-bond acceptors (Lipinski definition) is 6. The third-order valence-electron chi connectivity index (χ3n) is 7.78. The minimum Gasteiger partial charge on any atom is -0.381 e. The van der Waals surface area contributed by atoms with Gasteiger partial charge in [-0.05, 0) is 63.4 Å². The number of fused-ring (bicyclic) bond motifs is 4. The van der Waals surface area contributed by atoms with E-state index in [9.17, 15) is 18.0 Å². The maximum atomic E-state index is 13.6. The Hall–Kier alpha value is -3.53. The van der Waals surface area contributed by atoms with Gasteiger partial charge in [0.05, 0.1) is 55.4 Å². The monoisotopic (exact) mass is 586 g/mol. The number of amides is 1. The van der Waals surface area contributed by atoms with Crippen molar-refractivity contribution < 1.29 is 27.4 Å². The highest BCUT2D eigenvalue weighted by molar-refractivity contribution is 5.95. The Morgan fingerprint density at radius 2 is 1.93 bits per heavy atom. The van der Waals surface area contributed by atoms with Crippen LogP contribution in [0.2, 0.25) is 0 Å². The third-order valence-corrected chi connectivity index (χ3v) is 7.78. The van der Waals surface area contributed by atoms with Crippen molar-refractivity contribution in [3.05, 3.63) is 47.4 Å². The molecule has 1 aromatic carbocycles. The van der Waals surface area contributed by atoms with E-state index in [0.717, 1.165) is 31.6 Å². The predicted octanol–water partition coefficient (Wildman–Crippen LogP) is 3.66. The summed E-state index contributed by atoms with van der Waals surface area (Å²) in [5.41, 5.74) is 2.45. The quantitative estimate of drug-likeness (QED) is 0.424. The lowest BCUT2D eigenvalue weighted by atomic mass is 9.89. The first-order chi connectivity index (χ1) is 20.2. The normalized spacial score (nSPS) is 21.7. The number of hydrogen-bond donors (Lipinski definition) is 2. The number of anilines is 1. The number of rotatable bonds is 1. The SMILES string of the molecule is Cc1nn2cc1C(=O)NCC#Cc1cc3c(cccc3n1CC(F)(F)F)NC1CCN(C)CC1CCOCCOCC2. The van der Waals surface area contributed by atoms with Crippen LogP contribution >= 0.6 is 0 Å². The van der Waals surface area contributed by atoms with Crippen LogP contribution in [-0.2, 0) is 22.6 Å². The molecule has 0 aliphatic carbocycles. The Bertz CT molecular complexity index is 1450. The average Bonchev–Trinajstić information content (AvgIpc) is 3.48. The molecule has 226 valence electrons. The van der Waals surface area contributed by atoms with Crippen molar-refractivity contribution in [2.24, 2.45) is 5.92 Å². The van der Waals surface area contributed by atoms with Crippen molar-refractivity contribution in [3.63, 3.8) is 0 Å². The van der Waals surface area contributed by atoms with Gasteiger partial charge in [0.2, 0.25) is 0 Å². The Labute approximate surface area is 243 Å². The fourth-order valence-corrected chi connectivity index (χ4v) is 5.68. The van der Waals surface area contributed by atoms with E-state index in [2.05, 4.69) is 39.5 Å². The fourth-order valence-electron chi connectivity index (χ4n) is 5.68. The molecule has 2 aliphatic heterocycles. The number of aromatic nitrogens is 3. The molecule has 2 unspecified atom stereocenters. The van der Waals surface area contributed by atoms with Gasteiger partial charge in [0.15, 0.2) is 0 Å². The molecule has 4 heterocycles.